The summed E-state index contributed by atoms with van der Waals surface area (Å²) in [6.45, 7) is 0. The van der Waals surface area contributed by atoms with E-state index in [4.69, 9.17) is 0 Å². The molecule has 2 N–H and O–H groups in total. The maximum absolute atomic E-state index is 12.7. The highest BCUT2D eigenvalue weighted by molar-refractivity contribution is 8.18. The van der Waals surface area contributed by atoms with Crippen molar-refractivity contribution in [1.82, 2.24) is 15.3 Å². The Morgan fingerprint density at radius 2 is 1.68 bits per heavy atom. The highest BCUT2D eigenvalue weighted by atomic mass is 32.2. The molecule has 7 heteroatoms. The Balaban J connectivity index is 1.42. The van der Waals surface area contributed by atoms with Gasteiger partial charge in [0.15, 0.2) is 5.78 Å². The molecule has 2 amide bonds. The lowest BCUT2D eigenvalue weighted by Crippen LogP contribution is -2.17. The number of H-pyrrole nitrogens is 1. The van der Waals surface area contributed by atoms with E-state index < -0.39 is 0 Å². The molecule has 1 saturated heterocycles. The fourth-order valence-corrected chi connectivity index (χ4v) is 4.03. The summed E-state index contributed by atoms with van der Waals surface area (Å²) in [5, 5.41) is 1.88. The molecule has 5 rings (SSSR count). The van der Waals surface area contributed by atoms with Gasteiger partial charge in [0.05, 0.1) is 15.9 Å². The molecule has 1 fully saturated rings. The quantitative estimate of drug-likeness (QED) is 0.362. The number of rotatable bonds is 4. The molecule has 6 nitrogen and oxygen atoms in total. The van der Waals surface area contributed by atoms with Gasteiger partial charge in [0, 0.05) is 16.7 Å². The van der Waals surface area contributed by atoms with Gasteiger partial charge in [0.1, 0.15) is 5.82 Å². The number of amides is 2. The minimum Gasteiger partial charge on any atom is -0.338 e. The molecule has 0 aliphatic carbocycles. The molecular formula is C24H15N3O3S. The second kappa shape index (κ2) is 7.70. The molecule has 1 aliphatic rings. The Labute approximate surface area is 181 Å². The zero-order valence-electron chi connectivity index (χ0n) is 16.1. The number of imide groups is 1. The number of hydrogen-bond donors (Lipinski definition) is 2. The van der Waals surface area contributed by atoms with Crippen LogP contribution in [0.3, 0.4) is 0 Å². The zero-order chi connectivity index (χ0) is 21.4. The van der Waals surface area contributed by atoms with E-state index in [1.807, 2.05) is 48.5 Å². The summed E-state index contributed by atoms with van der Waals surface area (Å²) in [5.41, 5.74) is 4.44. The summed E-state index contributed by atoms with van der Waals surface area (Å²) in [4.78, 5) is 43.9. The Kier molecular flexibility index (Phi) is 4.72. The average molecular weight is 425 g/mol. The van der Waals surface area contributed by atoms with Crippen LogP contribution < -0.4 is 5.32 Å². The molecule has 0 atom stereocenters. The van der Waals surface area contributed by atoms with Crippen molar-refractivity contribution in [2.45, 2.75) is 0 Å². The standard InChI is InChI=1S/C24H15N3O3S/c28-21(15-4-2-1-3-5-15)17-10-11-18-19(13-17)26-22(25-18)16-8-6-14(7-9-16)12-20-23(29)27-24(30)31-20/h1-13H,(H,25,26)(H,27,29,30). The molecule has 1 aliphatic heterocycles. The van der Waals surface area contributed by atoms with Gasteiger partial charge in [-0.15, -0.1) is 0 Å². The van der Waals surface area contributed by atoms with Crippen molar-refractivity contribution in [3.8, 4) is 11.4 Å². The van der Waals surface area contributed by atoms with Crippen LogP contribution in [0.4, 0.5) is 4.79 Å². The lowest BCUT2D eigenvalue weighted by atomic mass is 10.0. The van der Waals surface area contributed by atoms with Crippen molar-refractivity contribution in [2.75, 3.05) is 0 Å². The SMILES string of the molecule is O=C1NC(=O)C(=Cc2ccc(-c3nc4cc(C(=O)c5ccccc5)ccc4[nH]3)cc2)S1. The number of aromatic nitrogens is 2. The van der Waals surface area contributed by atoms with Crippen LogP contribution in [-0.4, -0.2) is 26.9 Å². The molecule has 0 radical (unpaired) electrons. The van der Waals surface area contributed by atoms with E-state index >= 15 is 0 Å². The lowest BCUT2D eigenvalue weighted by Gasteiger charge is -2.00. The maximum Gasteiger partial charge on any atom is 0.290 e. The van der Waals surface area contributed by atoms with Crippen LogP contribution in [0.25, 0.3) is 28.5 Å². The predicted molar refractivity (Wildman–Crippen MR) is 121 cm³/mol. The number of fused-ring (bicyclic) bond motifs is 1. The highest BCUT2D eigenvalue weighted by Crippen LogP contribution is 2.27. The first-order valence-corrected chi connectivity index (χ1v) is 10.3. The number of ketones is 1. The van der Waals surface area contributed by atoms with Gasteiger partial charge < -0.3 is 4.98 Å². The lowest BCUT2D eigenvalue weighted by molar-refractivity contribution is -0.115. The molecule has 1 aromatic heterocycles. The summed E-state index contributed by atoms with van der Waals surface area (Å²) in [6, 6.07) is 22.1. The molecule has 0 spiro atoms. The third-order valence-corrected chi connectivity index (χ3v) is 5.72. The van der Waals surface area contributed by atoms with Crippen LogP contribution in [0.2, 0.25) is 0 Å². The van der Waals surface area contributed by atoms with Crippen LogP contribution >= 0.6 is 11.8 Å². The molecular weight excluding hydrogens is 410 g/mol. The van der Waals surface area contributed by atoms with Gasteiger partial charge in [-0.3, -0.25) is 19.7 Å². The van der Waals surface area contributed by atoms with Gasteiger partial charge in [0.25, 0.3) is 11.1 Å². The van der Waals surface area contributed by atoms with E-state index in [-0.39, 0.29) is 16.9 Å². The second-order valence-corrected chi connectivity index (χ2v) is 8.00. The van der Waals surface area contributed by atoms with E-state index in [0.717, 1.165) is 28.4 Å². The minimum atomic E-state index is -0.378. The van der Waals surface area contributed by atoms with Crippen molar-refractivity contribution in [1.29, 1.82) is 0 Å². The average Bonchev–Trinajstić information content (AvgIpc) is 3.36. The maximum atomic E-state index is 12.7. The van der Waals surface area contributed by atoms with Gasteiger partial charge in [-0.1, -0.05) is 54.6 Å². The number of benzene rings is 3. The summed E-state index contributed by atoms with van der Waals surface area (Å²) in [7, 11) is 0. The zero-order valence-corrected chi connectivity index (χ0v) is 16.9. The number of thioether (sulfide) groups is 1. The molecule has 2 heterocycles. The monoisotopic (exact) mass is 425 g/mol. The number of imidazole rings is 1. The summed E-state index contributed by atoms with van der Waals surface area (Å²) < 4.78 is 0. The van der Waals surface area contributed by atoms with Crippen molar-refractivity contribution in [2.24, 2.45) is 0 Å². The van der Waals surface area contributed by atoms with Gasteiger partial charge in [-0.05, 0) is 41.6 Å². The molecule has 0 unspecified atom stereocenters. The fraction of sp³-hybridized carbons (Fsp3) is 0. The summed E-state index contributed by atoms with van der Waals surface area (Å²) in [5.74, 6) is 0.260. The van der Waals surface area contributed by atoms with E-state index in [1.54, 1.807) is 30.3 Å². The Bertz CT molecular complexity index is 1370. The molecule has 31 heavy (non-hydrogen) atoms. The minimum absolute atomic E-state index is 0.0447. The highest BCUT2D eigenvalue weighted by Gasteiger charge is 2.24. The van der Waals surface area contributed by atoms with Crippen molar-refractivity contribution >= 4 is 45.8 Å². The summed E-state index contributed by atoms with van der Waals surface area (Å²) in [6.07, 6.45) is 1.68. The molecule has 3 aromatic carbocycles. The molecule has 4 aromatic rings. The first-order chi connectivity index (χ1) is 15.1. The number of carbonyl (C=O) groups excluding carboxylic acids is 3. The van der Waals surface area contributed by atoms with Gasteiger partial charge in [-0.25, -0.2) is 4.98 Å². The molecule has 150 valence electrons. The van der Waals surface area contributed by atoms with Crippen LogP contribution in [0.1, 0.15) is 21.5 Å². The number of aromatic amines is 1. The van der Waals surface area contributed by atoms with Crippen LogP contribution in [-0.2, 0) is 4.79 Å². The van der Waals surface area contributed by atoms with E-state index in [1.165, 1.54) is 0 Å². The first kappa shape index (κ1) is 19.0. The second-order valence-electron chi connectivity index (χ2n) is 6.99. The third-order valence-electron chi connectivity index (χ3n) is 4.91. The summed E-state index contributed by atoms with van der Waals surface area (Å²) >= 11 is 0.889. The van der Waals surface area contributed by atoms with E-state index in [2.05, 4.69) is 15.3 Å². The van der Waals surface area contributed by atoms with Crippen LogP contribution in [0.5, 0.6) is 0 Å². The molecule has 0 saturated carbocycles. The Hall–Kier alpha value is -3.97. The normalized spacial score (nSPS) is 14.9. The number of nitrogens with zero attached hydrogens (tertiary/aromatic N) is 1. The smallest absolute Gasteiger partial charge is 0.290 e. The van der Waals surface area contributed by atoms with Gasteiger partial charge in [-0.2, -0.15) is 0 Å². The van der Waals surface area contributed by atoms with E-state index in [9.17, 15) is 14.4 Å². The number of carbonyl (C=O) groups is 3. The fourth-order valence-electron chi connectivity index (χ4n) is 3.35. The Morgan fingerprint density at radius 1 is 0.903 bits per heavy atom. The van der Waals surface area contributed by atoms with Crippen LogP contribution in [0.15, 0.2) is 77.7 Å². The van der Waals surface area contributed by atoms with Crippen molar-refractivity contribution in [3.63, 3.8) is 0 Å². The van der Waals surface area contributed by atoms with Crippen molar-refractivity contribution < 1.29 is 14.4 Å². The van der Waals surface area contributed by atoms with Gasteiger partial charge >= 0.3 is 0 Å². The number of nitrogens with one attached hydrogen (secondary N) is 2. The van der Waals surface area contributed by atoms with E-state index in [0.29, 0.717) is 27.4 Å². The predicted octanol–water partition coefficient (Wildman–Crippen LogP) is 4.78. The number of hydrogen-bond acceptors (Lipinski definition) is 5. The van der Waals surface area contributed by atoms with Gasteiger partial charge in [0.2, 0.25) is 0 Å². The van der Waals surface area contributed by atoms with Crippen LogP contribution in [0, 0.1) is 0 Å². The topological polar surface area (TPSA) is 91.9 Å². The van der Waals surface area contributed by atoms with Crippen molar-refractivity contribution in [3.05, 3.63) is 94.4 Å². The molecule has 0 bridgehead atoms. The third kappa shape index (κ3) is 3.78. The first-order valence-electron chi connectivity index (χ1n) is 9.52. The Morgan fingerprint density at radius 3 is 2.39 bits per heavy atom. The largest absolute Gasteiger partial charge is 0.338 e.